The number of hydrogen-bond donors (Lipinski definition) is 3. The maximum Gasteiger partial charge on any atom is 0.427 e. The molecule has 0 aliphatic rings. The fourth-order valence-corrected chi connectivity index (χ4v) is 4.32. The predicted octanol–water partition coefficient (Wildman–Crippen LogP) is 6.67. The fourth-order valence-electron chi connectivity index (χ4n) is 4.32. The van der Waals surface area contributed by atoms with Gasteiger partial charge in [-0.2, -0.15) is 0 Å². The van der Waals surface area contributed by atoms with Gasteiger partial charge in [-0.05, 0) is 96.7 Å². The van der Waals surface area contributed by atoms with Crippen LogP contribution in [-0.4, -0.2) is 53.9 Å². The Kier molecular flexibility index (Phi) is 14.2. The number of nitrogens with zero attached hydrogens (tertiary/aromatic N) is 1. The molecule has 268 valence electrons. The number of carbonyl (C=O) groups is 5. The summed E-state index contributed by atoms with van der Waals surface area (Å²) in [5.74, 6) is -1.07. The molecule has 3 aromatic carbocycles. The first kappa shape index (κ1) is 38.9. The third-order valence-electron chi connectivity index (χ3n) is 6.49. The van der Waals surface area contributed by atoms with Gasteiger partial charge in [0.05, 0.1) is 11.3 Å². The molecule has 13 nitrogen and oxygen atoms in total. The molecular formula is C37H46N4O9. The molecule has 0 radical (unpaired) electrons. The number of para-hydroxylation sites is 1. The van der Waals surface area contributed by atoms with E-state index in [0.29, 0.717) is 18.6 Å². The zero-order chi connectivity index (χ0) is 36.7. The summed E-state index contributed by atoms with van der Waals surface area (Å²) in [7, 11) is 0. The maximum atomic E-state index is 13.8. The summed E-state index contributed by atoms with van der Waals surface area (Å²) in [5.41, 5.74) is 1.68. The number of hydrazine groups is 1. The van der Waals surface area contributed by atoms with Crippen LogP contribution in [-0.2, 0) is 25.6 Å². The van der Waals surface area contributed by atoms with E-state index < -0.39 is 47.4 Å². The highest BCUT2D eigenvalue weighted by molar-refractivity contribution is 5.98. The van der Waals surface area contributed by atoms with Crippen molar-refractivity contribution in [2.24, 2.45) is 0 Å². The molecule has 0 heterocycles. The first-order chi connectivity index (χ1) is 23.6. The van der Waals surface area contributed by atoms with Gasteiger partial charge in [-0.15, -0.1) is 0 Å². The summed E-state index contributed by atoms with van der Waals surface area (Å²) in [4.78, 5) is 65.0. The minimum absolute atomic E-state index is 0.0806. The molecular weight excluding hydrogens is 644 g/mol. The lowest BCUT2D eigenvalue weighted by Crippen LogP contribution is -2.56. The Balaban J connectivity index is 1.73. The van der Waals surface area contributed by atoms with Crippen molar-refractivity contribution < 1.29 is 42.9 Å². The molecule has 13 heteroatoms. The minimum Gasteiger partial charge on any atom is -0.458 e. The lowest BCUT2D eigenvalue weighted by atomic mass is 10.1. The summed E-state index contributed by atoms with van der Waals surface area (Å²) in [5, 5.41) is 6.16. The van der Waals surface area contributed by atoms with E-state index >= 15 is 0 Å². The average Bonchev–Trinajstić information content (AvgIpc) is 3.05. The van der Waals surface area contributed by atoms with E-state index in [2.05, 4.69) is 16.1 Å². The van der Waals surface area contributed by atoms with Gasteiger partial charge in [-0.25, -0.2) is 34.4 Å². The van der Waals surface area contributed by atoms with Crippen molar-refractivity contribution in [2.75, 3.05) is 11.6 Å². The minimum atomic E-state index is -1.14. The number of anilines is 1. The second-order valence-corrected chi connectivity index (χ2v) is 13.2. The first-order valence-electron chi connectivity index (χ1n) is 16.2. The molecule has 0 aliphatic carbocycles. The van der Waals surface area contributed by atoms with Crippen LogP contribution >= 0.6 is 0 Å². The fraction of sp³-hybridized carbons (Fsp3) is 0.378. The number of rotatable bonds is 12. The van der Waals surface area contributed by atoms with Gasteiger partial charge in [0.2, 0.25) is 0 Å². The van der Waals surface area contributed by atoms with E-state index in [1.54, 1.807) is 71.9 Å². The molecule has 4 amide bonds. The monoisotopic (exact) mass is 690 g/mol. The van der Waals surface area contributed by atoms with E-state index in [1.165, 1.54) is 24.3 Å². The number of unbranched alkanes of at least 4 members (excludes halogenated alkanes) is 1. The summed E-state index contributed by atoms with van der Waals surface area (Å²) in [6, 6.07) is 21.5. The van der Waals surface area contributed by atoms with Crippen molar-refractivity contribution in [3.63, 3.8) is 0 Å². The summed E-state index contributed by atoms with van der Waals surface area (Å²) in [6.45, 7) is 10.5. The van der Waals surface area contributed by atoms with Gasteiger partial charge in [-0.1, -0.05) is 54.6 Å². The second-order valence-electron chi connectivity index (χ2n) is 13.2. The summed E-state index contributed by atoms with van der Waals surface area (Å²) < 4.78 is 21.6. The molecule has 0 bridgehead atoms. The Morgan fingerprint density at radius 1 is 0.740 bits per heavy atom. The van der Waals surface area contributed by atoms with E-state index in [9.17, 15) is 24.0 Å². The SMILES string of the molecule is CC(C)(C)OC(=O)NN(C(=O)N[C@@H](CCCCNC(=O)OCc1ccccc1)C(=O)OC(C)(C)C)c1cccc(C(=O)Oc2ccccc2)c1. The van der Waals surface area contributed by atoms with Crippen LogP contribution in [0.5, 0.6) is 5.75 Å². The molecule has 0 fully saturated rings. The maximum absolute atomic E-state index is 13.8. The van der Waals surface area contributed by atoms with E-state index in [-0.39, 0.29) is 30.8 Å². The van der Waals surface area contributed by atoms with Gasteiger partial charge in [0, 0.05) is 6.54 Å². The van der Waals surface area contributed by atoms with Crippen molar-refractivity contribution in [1.29, 1.82) is 0 Å². The van der Waals surface area contributed by atoms with Gasteiger partial charge < -0.3 is 29.6 Å². The van der Waals surface area contributed by atoms with Gasteiger partial charge >= 0.3 is 30.2 Å². The third kappa shape index (κ3) is 14.3. The number of esters is 2. The van der Waals surface area contributed by atoms with Gasteiger partial charge in [0.1, 0.15) is 29.6 Å². The molecule has 50 heavy (non-hydrogen) atoms. The number of nitrogens with one attached hydrogen (secondary N) is 3. The number of alkyl carbamates (subject to hydrolysis) is 1. The largest absolute Gasteiger partial charge is 0.458 e. The van der Waals surface area contributed by atoms with Crippen LogP contribution < -0.4 is 25.8 Å². The Bertz CT molecular complexity index is 1590. The smallest absolute Gasteiger partial charge is 0.427 e. The molecule has 0 saturated carbocycles. The number of amides is 4. The zero-order valence-corrected chi connectivity index (χ0v) is 29.3. The molecule has 3 N–H and O–H groups in total. The number of carbonyl (C=O) groups excluding carboxylic acids is 5. The Morgan fingerprint density at radius 3 is 2.02 bits per heavy atom. The molecule has 0 saturated heterocycles. The van der Waals surface area contributed by atoms with Crippen molar-refractivity contribution in [3.05, 3.63) is 96.1 Å². The Hall–Kier alpha value is -5.59. The molecule has 0 unspecified atom stereocenters. The van der Waals surface area contributed by atoms with Crippen molar-refractivity contribution >= 4 is 35.8 Å². The highest BCUT2D eigenvalue weighted by Crippen LogP contribution is 2.20. The van der Waals surface area contributed by atoms with Gasteiger partial charge in [-0.3, -0.25) is 0 Å². The molecule has 0 spiro atoms. The van der Waals surface area contributed by atoms with Crippen LogP contribution in [0.25, 0.3) is 0 Å². The molecule has 3 rings (SSSR count). The van der Waals surface area contributed by atoms with Gasteiger partial charge in [0.25, 0.3) is 0 Å². The second kappa shape index (κ2) is 18.2. The van der Waals surface area contributed by atoms with Crippen LogP contribution in [0, 0.1) is 0 Å². The number of urea groups is 1. The van der Waals surface area contributed by atoms with Gasteiger partial charge in [0.15, 0.2) is 0 Å². The van der Waals surface area contributed by atoms with E-state index in [0.717, 1.165) is 10.6 Å². The zero-order valence-electron chi connectivity index (χ0n) is 29.3. The summed E-state index contributed by atoms with van der Waals surface area (Å²) >= 11 is 0. The van der Waals surface area contributed by atoms with Crippen molar-refractivity contribution in [3.8, 4) is 5.75 Å². The topological polar surface area (TPSA) is 162 Å². The number of ether oxygens (including phenoxy) is 4. The van der Waals surface area contributed by atoms with E-state index in [1.807, 2.05) is 30.3 Å². The standard InChI is InChI=1S/C37H46N4O9/c1-36(2,3)49-32(43)30(22-13-14-23-38-34(45)47-25-26-16-9-7-10-17-26)39-33(44)41(40-35(46)50-37(4,5)6)28-19-15-18-27(24-28)31(42)48-29-20-11-8-12-21-29/h7-12,15-21,24,30H,13-14,22-23,25H2,1-6H3,(H,38,45)(H,39,44)(H,40,46)/t30-/m0/s1. The lowest BCUT2D eigenvalue weighted by molar-refractivity contribution is -0.157. The highest BCUT2D eigenvalue weighted by Gasteiger charge is 2.30. The first-order valence-corrected chi connectivity index (χ1v) is 16.2. The van der Waals surface area contributed by atoms with Crippen LogP contribution in [0.4, 0.5) is 20.1 Å². The Morgan fingerprint density at radius 2 is 1.38 bits per heavy atom. The predicted molar refractivity (Wildman–Crippen MR) is 186 cm³/mol. The Labute approximate surface area is 292 Å². The highest BCUT2D eigenvalue weighted by atomic mass is 16.6. The average molecular weight is 691 g/mol. The van der Waals surface area contributed by atoms with Crippen LogP contribution in [0.15, 0.2) is 84.9 Å². The quantitative estimate of drug-likeness (QED) is 0.0620. The molecule has 0 aromatic heterocycles. The van der Waals surface area contributed by atoms with E-state index in [4.69, 9.17) is 18.9 Å². The normalized spacial score (nSPS) is 11.7. The molecule has 3 aromatic rings. The van der Waals surface area contributed by atoms with Crippen LogP contribution in [0.3, 0.4) is 0 Å². The molecule has 1 atom stereocenters. The van der Waals surface area contributed by atoms with Crippen molar-refractivity contribution in [2.45, 2.75) is 84.7 Å². The van der Waals surface area contributed by atoms with Crippen molar-refractivity contribution in [1.82, 2.24) is 16.1 Å². The lowest BCUT2D eigenvalue weighted by Gasteiger charge is -2.29. The number of benzene rings is 3. The van der Waals surface area contributed by atoms with Crippen LogP contribution in [0.1, 0.15) is 76.7 Å². The van der Waals surface area contributed by atoms with Crippen LogP contribution in [0.2, 0.25) is 0 Å². The number of hydrogen-bond acceptors (Lipinski definition) is 9. The molecule has 0 aliphatic heterocycles. The third-order valence-corrected chi connectivity index (χ3v) is 6.49. The summed E-state index contributed by atoms with van der Waals surface area (Å²) in [6.07, 6.45) is -0.524.